The van der Waals surface area contributed by atoms with Gasteiger partial charge in [0.05, 0.1) is 0 Å². The third-order valence-electron chi connectivity index (χ3n) is 1.70. The predicted octanol–water partition coefficient (Wildman–Crippen LogP) is -0.0884. The van der Waals surface area contributed by atoms with Crippen LogP contribution >= 0.6 is 0 Å². The highest BCUT2D eigenvalue weighted by atomic mass is 16.2. The lowest BCUT2D eigenvalue weighted by Crippen LogP contribution is -2.43. The second-order valence-electron chi connectivity index (χ2n) is 3.04. The van der Waals surface area contributed by atoms with Gasteiger partial charge in [0.15, 0.2) is 0 Å². The third-order valence-corrected chi connectivity index (χ3v) is 1.70. The number of carbonyl (C=O) groups is 2. The van der Waals surface area contributed by atoms with E-state index in [0.717, 1.165) is 0 Å². The number of hydrogen-bond donors (Lipinski definition) is 2. The Bertz CT molecular complexity index is 194. The normalized spacial score (nSPS) is 11.9. The van der Waals surface area contributed by atoms with Gasteiger partial charge >= 0.3 is 6.03 Å². The van der Waals surface area contributed by atoms with Crippen molar-refractivity contribution < 1.29 is 9.59 Å². The van der Waals surface area contributed by atoms with Crippen molar-refractivity contribution in [2.24, 2.45) is 5.73 Å². The Hall–Kier alpha value is -1.26. The van der Waals surface area contributed by atoms with Crippen LogP contribution in [-0.4, -0.2) is 36.5 Å². The summed E-state index contributed by atoms with van der Waals surface area (Å²) < 4.78 is 0. The molecule has 0 aromatic rings. The molecule has 3 N–H and O–H groups in total. The lowest BCUT2D eigenvalue weighted by molar-refractivity contribution is -0.118. The second kappa shape index (κ2) is 5.40. The standard InChI is InChI=1S/C8H17N3O2/c1-4-11(3)8(13)10-6(2)5-7(9)12/h6H,4-5H2,1-3H3,(H2,9,12)(H,10,13). The van der Waals surface area contributed by atoms with Crippen molar-refractivity contribution in [3.05, 3.63) is 0 Å². The highest BCUT2D eigenvalue weighted by molar-refractivity contribution is 5.77. The van der Waals surface area contributed by atoms with Crippen molar-refractivity contribution in [3.63, 3.8) is 0 Å². The maximum Gasteiger partial charge on any atom is 0.317 e. The fourth-order valence-corrected chi connectivity index (χ4v) is 0.817. The van der Waals surface area contributed by atoms with E-state index in [-0.39, 0.29) is 18.5 Å². The van der Waals surface area contributed by atoms with Gasteiger partial charge in [-0.1, -0.05) is 0 Å². The molecule has 0 fully saturated rings. The summed E-state index contributed by atoms with van der Waals surface area (Å²) >= 11 is 0. The molecule has 1 atom stereocenters. The molecule has 3 amide bonds. The number of carbonyl (C=O) groups excluding carboxylic acids is 2. The quantitative estimate of drug-likeness (QED) is 0.645. The minimum atomic E-state index is -0.410. The van der Waals surface area contributed by atoms with Crippen molar-refractivity contribution in [2.75, 3.05) is 13.6 Å². The minimum absolute atomic E-state index is 0.170. The highest BCUT2D eigenvalue weighted by Crippen LogP contribution is 1.91. The van der Waals surface area contributed by atoms with Crippen LogP contribution in [0.25, 0.3) is 0 Å². The molecule has 0 rings (SSSR count). The monoisotopic (exact) mass is 187 g/mol. The zero-order chi connectivity index (χ0) is 10.4. The number of nitrogens with zero attached hydrogens (tertiary/aromatic N) is 1. The Kier molecular flexibility index (Phi) is 4.87. The van der Waals surface area contributed by atoms with E-state index in [1.165, 1.54) is 4.90 Å². The summed E-state index contributed by atoms with van der Waals surface area (Å²) in [6.07, 6.45) is 0.170. The van der Waals surface area contributed by atoms with Crippen LogP contribution in [-0.2, 0) is 4.79 Å². The maximum absolute atomic E-state index is 11.2. The van der Waals surface area contributed by atoms with Crippen LogP contribution in [0.3, 0.4) is 0 Å². The van der Waals surface area contributed by atoms with Crippen LogP contribution in [0.2, 0.25) is 0 Å². The van der Waals surface area contributed by atoms with Crippen molar-refractivity contribution in [3.8, 4) is 0 Å². The third kappa shape index (κ3) is 5.05. The predicted molar refractivity (Wildman–Crippen MR) is 50.1 cm³/mol. The average Bonchev–Trinajstić information content (AvgIpc) is 2.01. The van der Waals surface area contributed by atoms with Crippen LogP contribution in [0.15, 0.2) is 0 Å². The summed E-state index contributed by atoms with van der Waals surface area (Å²) in [6, 6.07) is -0.393. The molecule has 0 aliphatic heterocycles. The van der Waals surface area contributed by atoms with Gasteiger partial charge in [-0.15, -0.1) is 0 Å². The second-order valence-corrected chi connectivity index (χ2v) is 3.04. The van der Waals surface area contributed by atoms with Gasteiger partial charge < -0.3 is 16.0 Å². The molecular weight excluding hydrogens is 170 g/mol. The van der Waals surface area contributed by atoms with Crippen molar-refractivity contribution in [1.29, 1.82) is 0 Å². The zero-order valence-electron chi connectivity index (χ0n) is 8.33. The molecule has 0 heterocycles. The lowest BCUT2D eigenvalue weighted by Gasteiger charge is -2.18. The molecule has 0 aliphatic rings. The Morgan fingerprint density at radius 1 is 1.54 bits per heavy atom. The van der Waals surface area contributed by atoms with Gasteiger partial charge in [-0.2, -0.15) is 0 Å². The van der Waals surface area contributed by atoms with Crippen LogP contribution in [0.1, 0.15) is 20.3 Å². The van der Waals surface area contributed by atoms with E-state index in [2.05, 4.69) is 5.32 Å². The zero-order valence-corrected chi connectivity index (χ0v) is 8.33. The van der Waals surface area contributed by atoms with E-state index in [9.17, 15) is 9.59 Å². The fourth-order valence-electron chi connectivity index (χ4n) is 0.817. The molecule has 13 heavy (non-hydrogen) atoms. The van der Waals surface area contributed by atoms with E-state index in [1.807, 2.05) is 6.92 Å². The summed E-state index contributed by atoms with van der Waals surface area (Å²) in [6.45, 7) is 4.25. The van der Waals surface area contributed by atoms with Gasteiger partial charge in [0.25, 0.3) is 0 Å². The molecule has 0 aliphatic carbocycles. The Labute approximate surface area is 78.3 Å². The van der Waals surface area contributed by atoms with Gasteiger partial charge in [-0.25, -0.2) is 4.79 Å². The first-order chi connectivity index (χ1) is 5.97. The van der Waals surface area contributed by atoms with Crippen LogP contribution in [0, 0.1) is 0 Å². The van der Waals surface area contributed by atoms with Gasteiger partial charge in [-0.3, -0.25) is 4.79 Å². The summed E-state index contributed by atoms with van der Waals surface area (Å²) in [5.41, 5.74) is 4.97. The highest BCUT2D eigenvalue weighted by Gasteiger charge is 2.11. The van der Waals surface area contributed by atoms with Gasteiger partial charge in [0.2, 0.25) is 5.91 Å². The summed E-state index contributed by atoms with van der Waals surface area (Å²) in [7, 11) is 1.69. The Morgan fingerprint density at radius 2 is 2.08 bits per heavy atom. The first-order valence-electron chi connectivity index (χ1n) is 4.27. The molecule has 76 valence electrons. The largest absolute Gasteiger partial charge is 0.370 e. The molecule has 0 saturated carbocycles. The average molecular weight is 187 g/mol. The van der Waals surface area contributed by atoms with E-state index in [0.29, 0.717) is 6.54 Å². The molecule has 1 unspecified atom stereocenters. The first-order valence-corrected chi connectivity index (χ1v) is 4.27. The maximum atomic E-state index is 11.2. The van der Waals surface area contributed by atoms with Gasteiger partial charge in [0, 0.05) is 26.1 Å². The SMILES string of the molecule is CCN(C)C(=O)NC(C)CC(N)=O. The molecular formula is C8H17N3O2. The van der Waals surface area contributed by atoms with E-state index < -0.39 is 5.91 Å². The summed E-state index contributed by atoms with van der Waals surface area (Å²) in [5, 5.41) is 2.65. The van der Waals surface area contributed by atoms with Gasteiger partial charge in [-0.05, 0) is 13.8 Å². The van der Waals surface area contributed by atoms with E-state index in [1.54, 1.807) is 14.0 Å². The molecule has 5 nitrogen and oxygen atoms in total. The first kappa shape index (κ1) is 11.7. The van der Waals surface area contributed by atoms with E-state index in [4.69, 9.17) is 5.73 Å². The van der Waals surface area contributed by atoms with Crippen molar-refractivity contribution in [1.82, 2.24) is 10.2 Å². The van der Waals surface area contributed by atoms with Crippen molar-refractivity contribution in [2.45, 2.75) is 26.3 Å². The Balaban J connectivity index is 3.84. The number of hydrogen-bond acceptors (Lipinski definition) is 2. The molecule has 0 spiro atoms. The molecule has 0 bridgehead atoms. The van der Waals surface area contributed by atoms with Crippen LogP contribution < -0.4 is 11.1 Å². The van der Waals surface area contributed by atoms with E-state index >= 15 is 0 Å². The number of urea groups is 1. The van der Waals surface area contributed by atoms with Crippen molar-refractivity contribution >= 4 is 11.9 Å². The smallest absolute Gasteiger partial charge is 0.317 e. The number of rotatable bonds is 4. The Morgan fingerprint density at radius 3 is 2.46 bits per heavy atom. The van der Waals surface area contributed by atoms with Crippen LogP contribution in [0.5, 0.6) is 0 Å². The topological polar surface area (TPSA) is 75.4 Å². The molecule has 5 heteroatoms. The molecule has 0 radical (unpaired) electrons. The summed E-state index contributed by atoms with van der Waals surface area (Å²) in [5.74, 6) is -0.410. The van der Waals surface area contributed by atoms with Gasteiger partial charge in [0.1, 0.15) is 0 Å². The number of nitrogens with one attached hydrogen (secondary N) is 1. The molecule has 0 aromatic carbocycles. The fraction of sp³-hybridized carbons (Fsp3) is 0.750. The number of nitrogens with two attached hydrogens (primary N) is 1. The summed E-state index contributed by atoms with van der Waals surface area (Å²) in [4.78, 5) is 23.2. The minimum Gasteiger partial charge on any atom is -0.370 e. The molecule has 0 saturated heterocycles. The lowest BCUT2D eigenvalue weighted by atomic mass is 10.2. The van der Waals surface area contributed by atoms with Crippen LogP contribution in [0.4, 0.5) is 4.79 Å². The number of amides is 3. The number of primary amides is 1. The molecule has 0 aromatic heterocycles.